The predicted molar refractivity (Wildman–Crippen MR) is 127 cm³/mol. The van der Waals surface area contributed by atoms with Gasteiger partial charge in [-0.25, -0.2) is 0 Å². The van der Waals surface area contributed by atoms with Crippen molar-refractivity contribution in [1.82, 2.24) is 0 Å². The number of nitrogen functional groups attached to an aromatic ring is 1. The molecule has 28 heavy (non-hydrogen) atoms. The summed E-state index contributed by atoms with van der Waals surface area (Å²) in [6, 6.07) is 12.6. The lowest BCUT2D eigenvalue weighted by Gasteiger charge is -2.10. The molecule has 0 heterocycles. The molecule has 2 nitrogen and oxygen atoms in total. The predicted octanol–water partition coefficient (Wildman–Crippen LogP) is 7.11. The van der Waals surface area contributed by atoms with Crippen molar-refractivity contribution < 1.29 is 0 Å². The maximum absolute atomic E-state index is 6.33. The first-order valence-electron chi connectivity index (χ1n) is 9.79. The Morgan fingerprint density at radius 3 is 2.36 bits per heavy atom. The van der Waals surface area contributed by atoms with Gasteiger partial charge < -0.3 is 11.1 Å². The number of allylic oxidation sites excluding steroid dienone is 5. The third-order valence-electron chi connectivity index (χ3n) is 4.72. The summed E-state index contributed by atoms with van der Waals surface area (Å²) in [5.41, 5.74) is 15.4. The maximum Gasteiger partial charge on any atom is 0.0463 e. The second-order valence-electron chi connectivity index (χ2n) is 7.10. The zero-order chi connectivity index (χ0) is 20.5. The summed E-state index contributed by atoms with van der Waals surface area (Å²) in [5, 5.41) is 3.50. The highest BCUT2D eigenvalue weighted by Crippen LogP contribution is 2.26. The van der Waals surface area contributed by atoms with Crippen molar-refractivity contribution in [2.24, 2.45) is 0 Å². The fraction of sp³-hybridized carbons (Fsp3) is 0.231. The molecule has 0 atom stereocenters. The number of hydrogen-bond donors (Lipinski definition) is 2. The molecular weight excluding hydrogens is 340 g/mol. The molecular formula is C26H32N2. The van der Waals surface area contributed by atoms with Crippen LogP contribution in [-0.2, 0) is 0 Å². The van der Waals surface area contributed by atoms with Gasteiger partial charge in [0.25, 0.3) is 0 Å². The number of benzene rings is 2. The van der Waals surface area contributed by atoms with Gasteiger partial charge in [0, 0.05) is 23.5 Å². The summed E-state index contributed by atoms with van der Waals surface area (Å²) in [7, 11) is 0. The van der Waals surface area contributed by atoms with E-state index in [2.05, 4.69) is 80.7 Å². The van der Waals surface area contributed by atoms with Gasteiger partial charge in [0.1, 0.15) is 0 Å². The standard InChI is InChI=1S/C26H32N2/c1-6-9-22-15-16-24(17-21(22)5)28-18-19(3)13-14-20(4)25-12-8-11-23(10-7-2)26(25)27/h6-17,28H,18,27H2,1-5H3/b9-6-,10-7-,19-13+,20-14+. The van der Waals surface area contributed by atoms with Crippen LogP contribution in [0, 0.1) is 6.92 Å². The number of para-hydroxylation sites is 1. The molecule has 0 saturated heterocycles. The van der Waals surface area contributed by atoms with Crippen LogP contribution in [0.5, 0.6) is 0 Å². The minimum absolute atomic E-state index is 0.806. The quantitative estimate of drug-likeness (QED) is 0.401. The van der Waals surface area contributed by atoms with Gasteiger partial charge in [-0.3, -0.25) is 0 Å². The smallest absolute Gasteiger partial charge is 0.0463 e. The van der Waals surface area contributed by atoms with Crippen LogP contribution in [0.1, 0.15) is 49.9 Å². The van der Waals surface area contributed by atoms with E-state index >= 15 is 0 Å². The van der Waals surface area contributed by atoms with Crippen molar-refractivity contribution in [2.45, 2.75) is 34.6 Å². The van der Waals surface area contributed by atoms with Gasteiger partial charge in [0.2, 0.25) is 0 Å². The van der Waals surface area contributed by atoms with Crippen LogP contribution in [-0.4, -0.2) is 6.54 Å². The van der Waals surface area contributed by atoms with Crippen molar-refractivity contribution in [3.8, 4) is 0 Å². The Bertz CT molecular complexity index is 927. The Morgan fingerprint density at radius 2 is 1.68 bits per heavy atom. The molecule has 3 N–H and O–H groups in total. The molecule has 0 unspecified atom stereocenters. The first kappa shape index (κ1) is 21.3. The highest BCUT2D eigenvalue weighted by Gasteiger charge is 2.04. The Labute approximate surface area is 170 Å². The van der Waals surface area contributed by atoms with Crippen LogP contribution in [0.25, 0.3) is 17.7 Å². The highest BCUT2D eigenvalue weighted by molar-refractivity contribution is 5.80. The summed E-state index contributed by atoms with van der Waals surface area (Å²) in [6.45, 7) is 11.2. The van der Waals surface area contributed by atoms with Gasteiger partial charge in [0.15, 0.2) is 0 Å². The SMILES string of the molecule is C/C=C\c1ccc(NC/C(C)=C/C=C(\C)c2cccc(/C=C\C)c2N)cc1C. The van der Waals surface area contributed by atoms with E-state index in [9.17, 15) is 0 Å². The molecule has 0 aromatic heterocycles. The van der Waals surface area contributed by atoms with Crippen molar-refractivity contribution in [2.75, 3.05) is 17.6 Å². The Hall–Kier alpha value is -3.00. The first-order chi connectivity index (χ1) is 13.5. The number of rotatable bonds is 7. The molecule has 0 aliphatic heterocycles. The zero-order valence-electron chi connectivity index (χ0n) is 17.7. The van der Waals surface area contributed by atoms with Crippen LogP contribution >= 0.6 is 0 Å². The van der Waals surface area contributed by atoms with E-state index < -0.39 is 0 Å². The van der Waals surface area contributed by atoms with Gasteiger partial charge in [-0.2, -0.15) is 0 Å². The topological polar surface area (TPSA) is 38.0 Å². The summed E-state index contributed by atoms with van der Waals surface area (Å²) < 4.78 is 0. The minimum Gasteiger partial charge on any atom is -0.398 e. The summed E-state index contributed by atoms with van der Waals surface area (Å²) in [5.74, 6) is 0. The molecule has 0 amide bonds. The van der Waals surface area contributed by atoms with Crippen molar-refractivity contribution in [3.63, 3.8) is 0 Å². The molecule has 0 spiro atoms. The van der Waals surface area contributed by atoms with Crippen LogP contribution in [0.4, 0.5) is 11.4 Å². The van der Waals surface area contributed by atoms with Gasteiger partial charge in [-0.05, 0) is 69.0 Å². The molecule has 0 fully saturated rings. The van der Waals surface area contributed by atoms with Gasteiger partial charge in [-0.1, -0.05) is 66.3 Å². The Balaban J connectivity index is 2.07. The molecule has 146 valence electrons. The number of hydrogen-bond acceptors (Lipinski definition) is 2. The summed E-state index contributed by atoms with van der Waals surface area (Å²) >= 11 is 0. The van der Waals surface area contributed by atoms with E-state index in [-0.39, 0.29) is 0 Å². The van der Waals surface area contributed by atoms with E-state index in [1.54, 1.807) is 0 Å². The lowest BCUT2D eigenvalue weighted by atomic mass is 10.0. The van der Waals surface area contributed by atoms with E-state index in [0.29, 0.717) is 0 Å². The van der Waals surface area contributed by atoms with Gasteiger partial charge in [0.05, 0.1) is 0 Å². The fourth-order valence-corrected chi connectivity index (χ4v) is 3.06. The Morgan fingerprint density at radius 1 is 0.964 bits per heavy atom. The molecule has 0 aliphatic carbocycles. The molecule has 0 saturated carbocycles. The lowest BCUT2D eigenvalue weighted by Crippen LogP contribution is -2.03. The molecule has 2 aromatic rings. The maximum atomic E-state index is 6.33. The number of nitrogens with one attached hydrogen (secondary N) is 1. The van der Waals surface area contributed by atoms with Crippen molar-refractivity contribution in [3.05, 3.63) is 88.5 Å². The average Bonchev–Trinajstić information content (AvgIpc) is 2.68. The second kappa shape index (κ2) is 10.4. The van der Waals surface area contributed by atoms with E-state index in [1.807, 2.05) is 32.1 Å². The fourth-order valence-electron chi connectivity index (χ4n) is 3.06. The van der Waals surface area contributed by atoms with Crippen LogP contribution in [0.3, 0.4) is 0 Å². The molecule has 2 rings (SSSR count). The highest BCUT2D eigenvalue weighted by atomic mass is 14.9. The van der Waals surface area contributed by atoms with Crippen molar-refractivity contribution in [1.29, 1.82) is 0 Å². The molecule has 0 aliphatic rings. The van der Waals surface area contributed by atoms with E-state index in [4.69, 9.17) is 5.73 Å². The molecule has 0 radical (unpaired) electrons. The third-order valence-corrected chi connectivity index (χ3v) is 4.72. The van der Waals surface area contributed by atoms with E-state index in [0.717, 1.165) is 34.6 Å². The van der Waals surface area contributed by atoms with Gasteiger partial charge in [-0.15, -0.1) is 0 Å². The molecule has 0 bridgehead atoms. The monoisotopic (exact) mass is 372 g/mol. The largest absolute Gasteiger partial charge is 0.398 e. The summed E-state index contributed by atoms with van der Waals surface area (Å²) in [6.07, 6.45) is 12.6. The molecule has 2 heteroatoms. The normalized spacial score (nSPS) is 12.9. The second-order valence-corrected chi connectivity index (χ2v) is 7.10. The zero-order valence-corrected chi connectivity index (χ0v) is 17.7. The van der Waals surface area contributed by atoms with Crippen LogP contribution < -0.4 is 11.1 Å². The number of anilines is 2. The Kier molecular flexibility index (Phi) is 7.88. The summed E-state index contributed by atoms with van der Waals surface area (Å²) in [4.78, 5) is 0. The molecule has 2 aromatic carbocycles. The third kappa shape index (κ3) is 5.75. The average molecular weight is 373 g/mol. The van der Waals surface area contributed by atoms with Gasteiger partial charge >= 0.3 is 0 Å². The number of nitrogens with two attached hydrogens (primary N) is 1. The minimum atomic E-state index is 0.806. The number of aryl methyl sites for hydroxylation is 1. The van der Waals surface area contributed by atoms with Crippen LogP contribution in [0.15, 0.2) is 66.3 Å². The van der Waals surface area contributed by atoms with E-state index in [1.165, 1.54) is 16.7 Å². The lowest BCUT2D eigenvalue weighted by molar-refractivity contribution is 1.20. The van der Waals surface area contributed by atoms with Crippen molar-refractivity contribution >= 4 is 29.1 Å². The van der Waals surface area contributed by atoms with Crippen LogP contribution in [0.2, 0.25) is 0 Å². The first-order valence-corrected chi connectivity index (χ1v) is 9.79.